The van der Waals surface area contributed by atoms with Gasteiger partial charge in [0.05, 0.1) is 0 Å². The third kappa shape index (κ3) is 4.72. The van der Waals surface area contributed by atoms with Crippen molar-refractivity contribution in [2.24, 2.45) is 0 Å². The lowest BCUT2D eigenvalue weighted by atomic mass is 9.97. The van der Waals surface area contributed by atoms with Crippen LogP contribution in [-0.2, 0) is 0 Å². The van der Waals surface area contributed by atoms with Gasteiger partial charge < -0.3 is 4.42 Å². The molecule has 0 fully saturated rings. The van der Waals surface area contributed by atoms with Crippen molar-refractivity contribution in [2.75, 3.05) is 0 Å². The summed E-state index contributed by atoms with van der Waals surface area (Å²) in [6.07, 6.45) is 0. The zero-order chi connectivity index (χ0) is 29.5. The van der Waals surface area contributed by atoms with Crippen LogP contribution in [0.25, 0.3) is 78.1 Å². The molecule has 0 spiro atoms. The van der Waals surface area contributed by atoms with E-state index in [9.17, 15) is 0 Å². The molecule has 0 bridgehead atoms. The van der Waals surface area contributed by atoms with Crippen LogP contribution in [0, 0.1) is 0 Å². The van der Waals surface area contributed by atoms with E-state index in [1.54, 1.807) is 0 Å². The average molecular weight is 586 g/mol. The average Bonchev–Trinajstić information content (AvgIpc) is 3.48. The quantitative estimate of drug-likeness (QED) is 0.201. The van der Waals surface area contributed by atoms with Crippen LogP contribution >= 0.6 is 11.6 Å². The first-order valence-corrected chi connectivity index (χ1v) is 14.8. The van der Waals surface area contributed by atoms with E-state index < -0.39 is 0 Å². The predicted octanol–water partition coefficient (Wildman–Crippen LogP) is 10.8. The molecule has 5 heteroatoms. The molecule has 4 nitrogen and oxygen atoms in total. The molecule has 0 amide bonds. The molecule has 0 aliphatic rings. The second kappa shape index (κ2) is 10.9. The van der Waals surface area contributed by atoms with E-state index in [1.807, 2.05) is 66.7 Å². The molecule has 0 saturated carbocycles. The molecular formula is C39H24ClN3O. The minimum absolute atomic E-state index is 0.137. The van der Waals surface area contributed by atoms with Crippen LogP contribution in [0.3, 0.4) is 0 Å². The smallest absolute Gasteiger partial charge is 0.226 e. The molecule has 44 heavy (non-hydrogen) atoms. The Kier molecular flexibility index (Phi) is 6.47. The lowest BCUT2D eigenvalue weighted by Crippen LogP contribution is -1.97. The number of rotatable bonds is 5. The van der Waals surface area contributed by atoms with Crippen molar-refractivity contribution in [1.82, 2.24) is 15.0 Å². The third-order valence-electron chi connectivity index (χ3n) is 7.90. The summed E-state index contributed by atoms with van der Waals surface area (Å²) in [6, 6.07) is 49.6. The highest BCUT2D eigenvalue weighted by atomic mass is 35.5. The molecule has 208 valence electrons. The molecule has 0 saturated heterocycles. The maximum absolute atomic E-state index is 6.54. The molecule has 0 aliphatic carbocycles. The highest BCUT2D eigenvalue weighted by Gasteiger charge is 2.19. The third-order valence-corrected chi connectivity index (χ3v) is 8.07. The van der Waals surface area contributed by atoms with E-state index >= 15 is 0 Å². The maximum Gasteiger partial charge on any atom is 0.226 e. The fraction of sp³-hybridized carbons (Fsp3) is 0. The van der Waals surface area contributed by atoms with Gasteiger partial charge in [-0.1, -0.05) is 127 Å². The van der Waals surface area contributed by atoms with Crippen molar-refractivity contribution in [1.29, 1.82) is 0 Å². The summed E-state index contributed by atoms with van der Waals surface area (Å²) in [7, 11) is 0. The number of furan rings is 1. The second-order valence-corrected chi connectivity index (χ2v) is 10.9. The Bertz CT molecular complexity index is 2280. The van der Waals surface area contributed by atoms with Gasteiger partial charge in [-0.15, -0.1) is 0 Å². The summed E-state index contributed by atoms with van der Waals surface area (Å²) in [4.78, 5) is 14.0. The van der Waals surface area contributed by atoms with Crippen molar-refractivity contribution < 1.29 is 4.42 Å². The van der Waals surface area contributed by atoms with Crippen LogP contribution in [0.4, 0.5) is 0 Å². The van der Waals surface area contributed by atoms with E-state index in [2.05, 4.69) is 88.8 Å². The summed E-state index contributed by atoms with van der Waals surface area (Å²) in [6.45, 7) is 0. The van der Waals surface area contributed by atoms with Gasteiger partial charge in [0.1, 0.15) is 11.2 Å². The fourth-order valence-corrected chi connectivity index (χ4v) is 5.99. The van der Waals surface area contributed by atoms with Gasteiger partial charge in [-0.05, 0) is 63.2 Å². The van der Waals surface area contributed by atoms with Gasteiger partial charge in [0.2, 0.25) is 5.28 Å². The molecule has 8 aromatic rings. The number of benzene rings is 6. The Morgan fingerprint density at radius 1 is 0.386 bits per heavy atom. The molecule has 0 aliphatic heterocycles. The van der Waals surface area contributed by atoms with Crippen LogP contribution in [-0.4, -0.2) is 15.0 Å². The zero-order valence-corrected chi connectivity index (χ0v) is 24.2. The predicted molar refractivity (Wildman–Crippen MR) is 179 cm³/mol. The van der Waals surface area contributed by atoms with E-state index in [-0.39, 0.29) is 5.28 Å². The maximum atomic E-state index is 6.54. The summed E-state index contributed by atoms with van der Waals surface area (Å²) >= 11 is 6.54. The highest BCUT2D eigenvalue weighted by molar-refractivity contribution is 6.28. The van der Waals surface area contributed by atoms with Gasteiger partial charge in [-0.25, -0.2) is 4.98 Å². The number of nitrogens with zero attached hydrogens (tertiary/aromatic N) is 3. The van der Waals surface area contributed by atoms with Gasteiger partial charge in [0, 0.05) is 21.9 Å². The first-order chi connectivity index (χ1) is 21.7. The zero-order valence-electron chi connectivity index (χ0n) is 23.5. The summed E-state index contributed by atoms with van der Waals surface area (Å²) in [5, 5.41) is 2.10. The first-order valence-electron chi connectivity index (χ1n) is 14.4. The normalized spacial score (nSPS) is 11.3. The van der Waals surface area contributed by atoms with Crippen molar-refractivity contribution in [3.63, 3.8) is 0 Å². The van der Waals surface area contributed by atoms with Gasteiger partial charge >= 0.3 is 0 Å². The molecular weight excluding hydrogens is 562 g/mol. The molecule has 6 aromatic carbocycles. The van der Waals surface area contributed by atoms with Crippen molar-refractivity contribution in [2.45, 2.75) is 0 Å². The SMILES string of the molecule is Clc1nc(-c2ccc(-c3cccc(-c4ccccc4)c3)cc2)nc(-c2cccc3oc4cccc(-c5ccccc5)c4c23)n1. The van der Waals surface area contributed by atoms with Gasteiger partial charge in [-0.3, -0.25) is 0 Å². The van der Waals surface area contributed by atoms with Gasteiger partial charge in [0.25, 0.3) is 0 Å². The van der Waals surface area contributed by atoms with Crippen LogP contribution < -0.4 is 0 Å². The second-order valence-electron chi connectivity index (χ2n) is 10.6. The molecule has 0 unspecified atom stereocenters. The van der Waals surface area contributed by atoms with E-state index in [0.29, 0.717) is 11.6 Å². The molecule has 0 N–H and O–H groups in total. The van der Waals surface area contributed by atoms with Crippen LogP contribution in [0.5, 0.6) is 0 Å². The summed E-state index contributed by atoms with van der Waals surface area (Å²) in [5.41, 5.74) is 10.1. The topological polar surface area (TPSA) is 51.8 Å². The standard InChI is InChI=1S/C39H24ClN3O/c40-39-42-37(28-22-20-26(21-23-28)30-15-7-14-29(24-30)25-10-3-1-4-11-25)41-38(43-39)32-17-9-19-34-36(32)35-31(16-8-18-33(35)44-34)27-12-5-2-6-13-27/h1-24H. The number of halogens is 1. The van der Waals surface area contributed by atoms with Crippen LogP contribution in [0.2, 0.25) is 5.28 Å². The Hall–Kier alpha value is -5.58. The van der Waals surface area contributed by atoms with E-state index in [1.165, 1.54) is 11.1 Å². The Balaban J connectivity index is 1.21. The van der Waals surface area contributed by atoms with E-state index in [4.69, 9.17) is 21.0 Å². The monoisotopic (exact) mass is 585 g/mol. The Labute approximate surface area is 259 Å². The molecule has 2 aromatic heterocycles. The number of aromatic nitrogens is 3. The highest BCUT2D eigenvalue weighted by Crippen LogP contribution is 2.41. The Morgan fingerprint density at radius 2 is 0.886 bits per heavy atom. The first kappa shape index (κ1) is 26.1. The van der Waals surface area contributed by atoms with Crippen molar-refractivity contribution >= 4 is 33.5 Å². The largest absolute Gasteiger partial charge is 0.456 e. The molecule has 0 atom stereocenters. The summed E-state index contributed by atoms with van der Waals surface area (Å²) in [5.74, 6) is 1.01. The summed E-state index contributed by atoms with van der Waals surface area (Å²) < 4.78 is 6.31. The molecule has 0 radical (unpaired) electrons. The number of hydrogen-bond acceptors (Lipinski definition) is 4. The molecule has 8 rings (SSSR count). The van der Waals surface area contributed by atoms with Crippen molar-refractivity contribution in [3.8, 4) is 56.2 Å². The van der Waals surface area contributed by atoms with Crippen LogP contribution in [0.1, 0.15) is 0 Å². The van der Waals surface area contributed by atoms with Crippen molar-refractivity contribution in [3.05, 3.63) is 151 Å². The van der Waals surface area contributed by atoms with E-state index in [0.717, 1.165) is 55.3 Å². The number of fused-ring (bicyclic) bond motifs is 3. The minimum atomic E-state index is 0.137. The fourth-order valence-electron chi connectivity index (χ4n) is 5.83. The lowest BCUT2D eigenvalue weighted by Gasteiger charge is -2.09. The van der Waals surface area contributed by atoms with Crippen LogP contribution in [0.15, 0.2) is 150 Å². The number of hydrogen-bond donors (Lipinski definition) is 0. The molecule has 2 heterocycles. The van der Waals surface area contributed by atoms with Gasteiger partial charge in [-0.2, -0.15) is 9.97 Å². The lowest BCUT2D eigenvalue weighted by molar-refractivity contribution is 0.669. The van der Waals surface area contributed by atoms with Gasteiger partial charge in [0.15, 0.2) is 11.6 Å². The Morgan fingerprint density at radius 3 is 1.57 bits per heavy atom. The minimum Gasteiger partial charge on any atom is -0.456 e.